The third-order valence-electron chi connectivity index (χ3n) is 2.13. The predicted octanol–water partition coefficient (Wildman–Crippen LogP) is 1.56. The second kappa shape index (κ2) is 3.46. The van der Waals surface area contributed by atoms with Crippen molar-refractivity contribution in [3.05, 3.63) is 16.1 Å². The quantitative estimate of drug-likeness (QED) is 0.675. The summed E-state index contributed by atoms with van der Waals surface area (Å²) in [6.45, 7) is 2.54. The SMILES string of the molecule is Cc1csc(CC2CCOC2=O)n1. The Morgan fingerprint density at radius 3 is 3.15 bits per heavy atom. The molecule has 0 radical (unpaired) electrons. The lowest BCUT2D eigenvalue weighted by Gasteiger charge is -2.00. The van der Waals surface area contributed by atoms with E-state index in [9.17, 15) is 4.79 Å². The standard InChI is InChI=1S/C9H11NO2S/c1-6-5-13-8(10-6)4-7-2-3-12-9(7)11/h5,7H,2-4H2,1H3. The van der Waals surface area contributed by atoms with Crippen LogP contribution in [0.25, 0.3) is 0 Å². The summed E-state index contributed by atoms with van der Waals surface area (Å²) in [7, 11) is 0. The highest BCUT2D eigenvalue weighted by atomic mass is 32.1. The van der Waals surface area contributed by atoms with Gasteiger partial charge in [-0.25, -0.2) is 4.98 Å². The van der Waals surface area contributed by atoms with Crippen LogP contribution in [0.15, 0.2) is 5.38 Å². The lowest BCUT2D eigenvalue weighted by atomic mass is 10.1. The molecule has 0 spiro atoms. The van der Waals surface area contributed by atoms with Crippen LogP contribution in [-0.4, -0.2) is 17.6 Å². The van der Waals surface area contributed by atoms with Crippen LogP contribution in [0.1, 0.15) is 17.1 Å². The minimum Gasteiger partial charge on any atom is -0.465 e. The lowest BCUT2D eigenvalue weighted by molar-refractivity contribution is -0.141. The van der Waals surface area contributed by atoms with Gasteiger partial charge in [0.25, 0.3) is 0 Å². The molecule has 13 heavy (non-hydrogen) atoms. The third kappa shape index (κ3) is 1.88. The van der Waals surface area contributed by atoms with Gasteiger partial charge in [0.1, 0.15) is 0 Å². The fourth-order valence-corrected chi connectivity index (χ4v) is 2.28. The molecule has 0 bridgehead atoms. The third-order valence-corrected chi connectivity index (χ3v) is 3.12. The Morgan fingerprint density at radius 2 is 2.62 bits per heavy atom. The van der Waals surface area contributed by atoms with Crippen LogP contribution in [0.4, 0.5) is 0 Å². The molecule has 0 aromatic carbocycles. The molecule has 2 heterocycles. The summed E-state index contributed by atoms with van der Waals surface area (Å²) in [5.74, 6) is -0.0154. The van der Waals surface area contributed by atoms with E-state index in [0.29, 0.717) is 6.61 Å². The molecule has 1 unspecified atom stereocenters. The molecule has 1 aliphatic heterocycles. The number of aromatic nitrogens is 1. The average Bonchev–Trinajstić information content (AvgIpc) is 2.64. The first-order valence-corrected chi connectivity index (χ1v) is 5.21. The molecule has 1 fully saturated rings. The number of thiazole rings is 1. The van der Waals surface area contributed by atoms with Crippen molar-refractivity contribution >= 4 is 17.3 Å². The number of esters is 1. The van der Waals surface area contributed by atoms with Crippen LogP contribution in [-0.2, 0) is 16.0 Å². The van der Waals surface area contributed by atoms with Gasteiger partial charge in [-0.3, -0.25) is 4.79 Å². The minimum atomic E-state index is -0.0622. The van der Waals surface area contributed by atoms with Crippen LogP contribution >= 0.6 is 11.3 Å². The Labute approximate surface area is 80.8 Å². The maximum atomic E-state index is 11.1. The van der Waals surface area contributed by atoms with E-state index in [2.05, 4.69) is 4.98 Å². The Morgan fingerprint density at radius 1 is 1.77 bits per heavy atom. The minimum absolute atomic E-state index is 0.0468. The van der Waals surface area contributed by atoms with Crippen molar-refractivity contribution in [1.29, 1.82) is 0 Å². The fourth-order valence-electron chi connectivity index (χ4n) is 1.43. The first kappa shape index (κ1) is 8.69. The molecule has 4 heteroatoms. The van der Waals surface area contributed by atoms with Crippen LogP contribution in [0.5, 0.6) is 0 Å². The monoisotopic (exact) mass is 197 g/mol. The number of rotatable bonds is 2. The van der Waals surface area contributed by atoms with Gasteiger partial charge >= 0.3 is 5.97 Å². The zero-order valence-corrected chi connectivity index (χ0v) is 8.26. The molecule has 0 saturated carbocycles. The Hall–Kier alpha value is -0.900. The van der Waals surface area contributed by atoms with Gasteiger partial charge in [0.05, 0.1) is 17.5 Å². The Kier molecular flexibility index (Phi) is 2.31. The van der Waals surface area contributed by atoms with Crippen molar-refractivity contribution in [2.75, 3.05) is 6.61 Å². The molecule has 0 aliphatic carbocycles. The summed E-state index contributed by atoms with van der Waals surface area (Å²) in [4.78, 5) is 15.5. The molecule has 3 nitrogen and oxygen atoms in total. The van der Waals surface area contributed by atoms with Crippen molar-refractivity contribution in [3.8, 4) is 0 Å². The van der Waals surface area contributed by atoms with E-state index < -0.39 is 0 Å². The highest BCUT2D eigenvalue weighted by Crippen LogP contribution is 2.21. The normalized spacial score (nSPS) is 21.9. The number of carbonyl (C=O) groups excluding carboxylic acids is 1. The Bertz CT molecular complexity index is 321. The second-order valence-corrected chi connectivity index (χ2v) is 4.18. The fraction of sp³-hybridized carbons (Fsp3) is 0.556. The van der Waals surface area contributed by atoms with Crippen molar-refractivity contribution < 1.29 is 9.53 Å². The van der Waals surface area contributed by atoms with E-state index in [1.807, 2.05) is 12.3 Å². The number of carbonyl (C=O) groups is 1. The second-order valence-electron chi connectivity index (χ2n) is 3.24. The van der Waals surface area contributed by atoms with Gasteiger partial charge in [0.15, 0.2) is 0 Å². The maximum absolute atomic E-state index is 11.1. The van der Waals surface area contributed by atoms with Gasteiger partial charge in [0, 0.05) is 17.5 Å². The Balaban J connectivity index is 2.01. The molecule has 1 aromatic rings. The van der Waals surface area contributed by atoms with Crippen molar-refractivity contribution in [3.63, 3.8) is 0 Å². The van der Waals surface area contributed by atoms with E-state index in [4.69, 9.17) is 4.74 Å². The number of ether oxygens (including phenoxy) is 1. The molecule has 2 rings (SSSR count). The maximum Gasteiger partial charge on any atom is 0.309 e. The number of cyclic esters (lactones) is 1. The van der Waals surface area contributed by atoms with Gasteiger partial charge in [-0.05, 0) is 13.3 Å². The van der Waals surface area contributed by atoms with Crippen molar-refractivity contribution in [1.82, 2.24) is 4.98 Å². The van der Waals surface area contributed by atoms with Gasteiger partial charge in [-0.15, -0.1) is 11.3 Å². The molecule has 0 N–H and O–H groups in total. The molecular formula is C9H11NO2S. The van der Waals surface area contributed by atoms with Crippen LogP contribution in [0.2, 0.25) is 0 Å². The van der Waals surface area contributed by atoms with E-state index in [0.717, 1.165) is 23.5 Å². The summed E-state index contributed by atoms with van der Waals surface area (Å²) in [6.07, 6.45) is 1.59. The molecule has 0 amide bonds. The molecule has 1 atom stereocenters. The van der Waals surface area contributed by atoms with Crippen LogP contribution < -0.4 is 0 Å². The predicted molar refractivity (Wildman–Crippen MR) is 49.6 cm³/mol. The lowest BCUT2D eigenvalue weighted by Crippen LogP contribution is -2.10. The molecule has 1 saturated heterocycles. The first-order chi connectivity index (χ1) is 6.25. The average molecular weight is 197 g/mol. The number of aryl methyl sites for hydroxylation is 1. The summed E-state index contributed by atoms with van der Waals surface area (Å²) >= 11 is 1.62. The number of hydrogen-bond acceptors (Lipinski definition) is 4. The smallest absolute Gasteiger partial charge is 0.309 e. The summed E-state index contributed by atoms with van der Waals surface area (Å²) in [5.41, 5.74) is 1.03. The van der Waals surface area contributed by atoms with Crippen LogP contribution in [0.3, 0.4) is 0 Å². The van der Waals surface area contributed by atoms with Crippen molar-refractivity contribution in [2.45, 2.75) is 19.8 Å². The highest BCUT2D eigenvalue weighted by molar-refractivity contribution is 7.09. The van der Waals surface area contributed by atoms with Gasteiger partial charge in [-0.1, -0.05) is 0 Å². The summed E-state index contributed by atoms with van der Waals surface area (Å²) < 4.78 is 4.88. The van der Waals surface area contributed by atoms with Crippen LogP contribution in [0, 0.1) is 12.8 Å². The van der Waals surface area contributed by atoms with Crippen molar-refractivity contribution in [2.24, 2.45) is 5.92 Å². The van der Waals surface area contributed by atoms with Gasteiger partial charge < -0.3 is 4.74 Å². The summed E-state index contributed by atoms with van der Waals surface area (Å²) in [5, 5.41) is 3.05. The summed E-state index contributed by atoms with van der Waals surface area (Å²) in [6, 6.07) is 0. The van der Waals surface area contributed by atoms with Gasteiger partial charge in [-0.2, -0.15) is 0 Å². The van der Waals surface area contributed by atoms with Gasteiger partial charge in [0.2, 0.25) is 0 Å². The van der Waals surface area contributed by atoms with E-state index in [1.165, 1.54) is 0 Å². The first-order valence-electron chi connectivity index (χ1n) is 4.33. The number of nitrogens with zero attached hydrogens (tertiary/aromatic N) is 1. The highest BCUT2D eigenvalue weighted by Gasteiger charge is 2.27. The van der Waals surface area contributed by atoms with E-state index >= 15 is 0 Å². The largest absolute Gasteiger partial charge is 0.465 e. The van der Waals surface area contributed by atoms with E-state index in [1.54, 1.807) is 11.3 Å². The molecule has 70 valence electrons. The number of hydrogen-bond donors (Lipinski definition) is 0. The molecular weight excluding hydrogens is 186 g/mol. The topological polar surface area (TPSA) is 39.2 Å². The zero-order valence-electron chi connectivity index (χ0n) is 7.45. The molecule has 1 aromatic heterocycles. The van der Waals surface area contributed by atoms with E-state index in [-0.39, 0.29) is 11.9 Å². The zero-order chi connectivity index (χ0) is 9.26. The molecule has 1 aliphatic rings.